The highest BCUT2D eigenvalue weighted by Crippen LogP contribution is 2.10. The van der Waals surface area contributed by atoms with Crippen LogP contribution in [0.2, 0.25) is 0 Å². The third-order valence-electron chi connectivity index (χ3n) is 3.54. The summed E-state index contributed by atoms with van der Waals surface area (Å²) in [6, 6.07) is 13.6. The van der Waals surface area contributed by atoms with E-state index < -0.39 is 0 Å². The molecule has 2 rings (SSSR count). The highest BCUT2D eigenvalue weighted by molar-refractivity contribution is 5.95. The van der Waals surface area contributed by atoms with Crippen molar-refractivity contribution in [1.29, 1.82) is 0 Å². The summed E-state index contributed by atoms with van der Waals surface area (Å²) in [4.78, 5) is 15.4. The molecule has 6 heteroatoms. The molecule has 0 heterocycles. The summed E-state index contributed by atoms with van der Waals surface area (Å²) in [6.07, 6.45) is 2.27. The van der Waals surface area contributed by atoms with Crippen molar-refractivity contribution in [2.24, 2.45) is 10.7 Å². The normalized spacial score (nSPS) is 12.1. The third-order valence-corrected chi connectivity index (χ3v) is 3.54. The second kappa shape index (κ2) is 9.34. The number of hydrogen-bond acceptors (Lipinski definition) is 3. The minimum Gasteiger partial charge on any atom is -0.497 e. The van der Waals surface area contributed by atoms with Gasteiger partial charge in [0.15, 0.2) is 5.70 Å². The van der Waals surface area contributed by atoms with Crippen molar-refractivity contribution in [2.45, 2.75) is 13.1 Å². The first kappa shape index (κ1) is 18.4. The van der Waals surface area contributed by atoms with Crippen LogP contribution in [0.15, 0.2) is 65.3 Å². The number of aliphatic imine (C=N–C) groups is 1. The van der Waals surface area contributed by atoms with Gasteiger partial charge in [-0.15, -0.1) is 0 Å². The molecule has 0 amide bonds. The number of nitrogens with two attached hydrogens (primary N) is 2. The van der Waals surface area contributed by atoms with Gasteiger partial charge in [-0.1, -0.05) is 12.1 Å². The molecule has 5 nitrogen and oxygen atoms in total. The van der Waals surface area contributed by atoms with Crippen molar-refractivity contribution in [1.82, 2.24) is 0 Å². The summed E-state index contributed by atoms with van der Waals surface area (Å²) in [5.74, 6) is 0.737. The second-order valence-electron chi connectivity index (χ2n) is 5.39. The number of nitrogens with zero attached hydrogens (tertiary/aromatic N) is 1. The van der Waals surface area contributed by atoms with Gasteiger partial charge in [0.1, 0.15) is 23.9 Å². The number of halogens is 1. The molecular weight excluding hydrogens is 321 g/mol. The number of carbonyl (C=O) groups is 1. The Bertz CT molecular complexity index is 753. The molecule has 0 aliphatic carbocycles. The van der Waals surface area contributed by atoms with Crippen LogP contribution in [-0.4, -0.2) is 19.2 Å². The number of carbonyl (C=O) groups excluding carboxylic acids is 1. The highest BCUT2D eigenvalue weighted by atomic mass is 19.1. The summed E-state index contributed by atoms with van der Waals surface area (Å²) in [5, 5.41) is 1.79. The molecule has 25 heavy (non-hydrogen) atoms. The van der Waals surface area contributed by atoms with E-state index in [2.05, 4.69) is 4.99 Å². The van der Waals surface area contributed by atoms with Gasteiger partial charge in [-0.3, -0.25) is 9.79 Å². The van der Waals surface area contributed by atoms with Crippen LogP contribution in [0.1, 0.15) is 11.1 Å². The Kier molecular flexibility index (Phi) is 6.86. The van der Waals surface area contributed by atoms with E-state index in [1.54, 1.807) is 24.6 Å². The lowest BCUT2D eigenvalue weighted by Crippen LogP contribution is -2.81. The number of benzene rings is 2. The van der Waals surface area contributed by atoms with E-state index in [0.29, 0.717) is 18.8 Å². The van der Waals surface area contributed by atoms with Crippen LogP contribution in [0.5, 0.6) is 5.75 Å². The maximum atomic E-state index is 12.9. The Morgan fingerprint density at radius 1 is 1.16 bits per heavy atom. The summed E-state index contributed by atoms with van der Waals surface area (Å²) in [7, 11) is 1.61. The van der Waals surface area contributed by atoms with Gasteiger partial charge >= 0.3 is 0 Å². The molecule has 0 saturated carbocycles. The van der Waals surface area contributed by atoms with Gasteiger partial charge < -0.3 is 15.8 Å². The van der Waals surface area contributed by atoms with Crippen molar-refractivity contribution < 1.29 is 19.2 Å². The predicted molar refractivity (Wildman–Crippen MR) is 94.5 cm³/mol. The van der Waals surface area contributed by atoms with Crippen LogP contribution in [-0.2, 0) is 17.9 Å². The quantitative estimate of drug-likeness (QED) is 0.330. The number of amidine groups is 1. The number of allylic oxidation sites excluding steroid dienone is 1. The topological polar surface area (TPSA) is 81.3 Å². The number of hydrogen-bond donors (Lipinski definition) is 2. The van der Waals surface area contributed by atoms with E-state index in [-0.39, 0.29) is 11.7 Å². The van der Waals surface area contributed by atoms with E-state index in [9.17, 15) is 9.18 Å². The first-order chi connectivity index (χ1) is 12.1. The summed E-state index contributed by atoms with van der Waals surface area (Å²) < 4.78 is 18.0. The average Bonchev–Trinajstić information content (AvgIpc) is 2.65. The SMILES string of the molecule is COc1ccc(C[NH2+]C(C=O)=CC(N)=NCc2ccc(F)cc2)cc1. The van der Waals surface area contributed by atoms with E-state index >= 15 is 0 Å². The molecule has 0 saturated heterocycles. The molecule has 0 aromatic heterocycles. The van der Waals surface area contributed by atoms with E-state index in [0.717, 1.165) is 23.2 Å². The Morgan fingerprint density at radius 2 is 1.80 bits per heavy atom. The number of ether oxygens (including phenoxy) is 1. The molecule has 0 aliphatic rings. The number of methoxy groups -OCH3 is 1. The Hall–Kier alpha value is -2.99. The van der Waals surface area contributed by atoms with Crippen molar-refractivity contribution in [2.75, 3.05) is 7.11 Å². The molecule has 0 bridgehead atoms. The van der Waals surface area contributed by atoms with Gasteiger partial charge in [-0.25, -0.2) is 4.39 Å². The van der Waals surface area contributed by atoms with E-state index in [1.807, 2.05) is 24.3 Å². The molecule has 4 N–H and O–H groups in total. The summed E-state index contributed by atoms with van der Waals surface area (Å²) in [5.41, 5.74) is 8.19. The molecule has 0 spiro atoms. The second-order valence-corrected chi connectivity index (χ2v) is 5.39. The fraction of sp³-hybridized carbons (Fsp3) is 0.158. The van der Waals surface area contributed by atoms with Gasteiger partial charge in [0.25, 0.3) is 0 Å². The van der Waals surface area contributed by atoms with Crippen LogP contribution in [0, 0.1) is 5.82 Å². The van der Waals surface area contributed by atoms with Gasteiger partial charge in [0.2, 0.25) is 6.29 Å². The van der Waals surface area contributed by atoms with Gasteiger partial charge in [0, 0.05) is 11.6 Å². The Morgan fingerprint density at radius 3 is 2.40 bits per heavy atom. The zero-order chi connectivity index (χ0) is 18.1. The number of quaternary nitrogens is 1. The number of aldehydes is 1. The zero-order valence-corrected chi connectivity index (χ0v) is 14.0. The van der Waals surface area contributed by atoms with Crippen LogP contribution in [0.25, 0.3) is 0 Å². The molecular formula is C19H21FN3O2+. The largest absolute Gasteiger partial charge is 0.497 e. The molecule has 130 valence electrons. The Balaban J connectivity index is 1.93. The smallest absolute Gasteiger partial charge is 0.203 e. The third kappa shape index (κ3) is 6.19. The summed E-state index contributed by atoms with van der Waals surface area (Å²) in [6.45, 7) is 0.924. The molecule has 2 aromatic carbocycles. The first-order valence-electron chi connectivity index (χ1n) is 7.78. The van der Waals surface area contributed by atoms with Gasteiger partial charge in [-0.05, 0) is 42.0 Å². The number of rotatable bonds is 8. The first-order valence-corrected chi connectivity index (χ1v) is 7.78. The maximum absolute atomic E-state index is 12.9. The Labute approximate surface area is 146 Å². The van der Waals surface area contributed by atoms with Crippen LogP contribution >= 0.6 is 0 Å². The molecule has 0 fully saturated rings. The van der Waals surface area contributed by atoms with Crippen LogP contribution < -0.4 is 15.8 Å². The minimum absolute atomic E-state index is 0.248. The van der Waals surface area contributed by atoms with Gasteiger partial charge in [0.05, 0.1) is 13.7 Å². The predicted octanol–water partition coefficient (Wildman–Crippen LogP) is 1.54. The van der Waals surface area contributed by atoms with Crippen LogP contribution in [0.3, 0.4) is 0 Å². The van der Waals surface area contributed by atoms with Crippen molar-refractivity contribution in [3.8, 4) is 5.75 Å². The standard InChI is InChI=1S/C19H20FN3O2/c1-25-18-8-4-15(5-9-18)11-22-17(13-24)10-19(21)23-12-14-2-6-16(20)7-3-14/h2-10,13,22H,11-12H2,1H3,(H2,21,23)/p+1. The lowest BCUT2D eigenvalue weighted by Gasteiger charge is -2.03. The summed E-state index contributed by atoms with van der Waals surface area (Å²) >= 11 is 0. The lowest BCUT2D eigenvalue weighted by molar-refractivity contribution is -0.616. The molecule has 0 unspecified atom stereocenters. The fourth-order valence-electron chi connectivity index (χ4n) is 2.13. The molecule has 0 radical (unpaired) electrons. The fourth-order valence-corrected chi connectivity index (χ4v) is 2.13. The lowest BCUT2D eigenvalue weighted by atomic mass is 10.2. The van der Waals surface area contributed by atoms with Crippen molar-refractivity contribution in [3.63, 3.8) is 0 Å². The monoisotopic (exact) mass is 342 g/mol. The molecule has 0 atom stereocenters. The van der Waals surface area contributed by atoms with Crippen molar-refractivity contribution in [3.05, 3.63) is 77.2 Å². The van der Waals surface area contributed by atoms with Crippen LogP contribution in [0.4, 0.5) is 4.39 Å². The molecule has 2 aromatic rings. The molecule has 0 aliphatic heterocycles. The zero-order valence-electron chi connectivity index (χ0n) is 14.0. The van der Waals surface area contributed by atoms with E-state index in [1.165, 1.54) is 18.2 Å². The average molecular weight is 342 g/mol. The minimum atomic E-state index is -0.294. The maximum Gasteiger partial charge on any atom is 0.203 e. The highest BCUT2D eigenvalue weighted by Gasteiger charge is 2.03. The van der Waals surface area contributed by atoms with Gasteiger partial charge in [-0.2, -0.15) is 0 Å². The van der Waals surface area contributed by atoms with E-state index in [4.69, 9.17) is 10.5 Å². The van der Waals surface area contributed by atoms with Crippen molar-refractivity contribution >= 4 is 12.1 Å².